The SMILES string of the molecule is C=CCOc1ccccc1C(=O)NCC(O)CO. The van der Waals surface area contributed by atoms with Crippen molar-refractivity contribution < 1.29 is 19.7 Å². The van der Waals surface area contributed by atoms with Crippen molar-refractivity contribution in [1.29, 1.82) is 0 Å². The van der Waals surface area contributed by atoms with E-state index in [9.17, 15) is 4.79 Å². The highest BCUT2D eigenvalue weighted by Gasteiger charge is 2.12. The molecule has 5 heteroatoms. The molecule has 0 fully saturated rings. The maximum Gasteiger partial charge on any atom is 0.255 e. The number of ether oxygens (including phenoxy) is 1. The van der Waals surface area contributed by atoms with Crippen molar-refractivity contribution >= 4 is 5.91 Å². The molecular weight excluding hydrogens is 234 g/mol. The van der Waals surface area contributed by atoms with Gasteiger partial charge in [0.1, 0.15) is 12.4 Å². The predicted octanol–water partition coefficient (Wildman–Crippen LogP) is 0.334. The zero-order valence-corrected chi connectivity index (χ0v) is 10.0. The Morgan fingerprint density at radius 2 is 2.22 bits per heavy atom. The van der Waals surface area contributed by atoms with Gasteiger partial charge in [-0.05, 0) is 12.1 Å². The van der Waals surface area contributed by atoms with E-state index in [4.69, 9.17) is 14.9 Å². The summed E-state index contributed by atoms with van der Waals surface area (Å²) < 4.78 is 5.35. The van der Waals surface area contributed by atoms with Gasteiger partial charge >= 0.3 is 0 Å². The van der Waals surface area contributed by atoms with Crippen molar-refractivity contribution in [3.05, 3.63) is 42.5 Å². The van der Waals surface area contributed by atoms with Gasteiger partial charge in [-0.1, -0.05) is 24.8 Å². The lowest BCUT2D eigenvalue weighted by atomic mass is 10.2. The van der Waals surface area contributed by atoms with Crippen LogP contribution in [0.4, 0.5) is 0 Å². The highest BCUT2D eigenvalue weighted by Crippen LogP contribution is 2.17. The monoisotopic (exact) mass is 251 g/mol. The summed E-state index contributed by atoms with van der Waals surface area (Å²) in [7, 11) is 0. The number of aliphatic hydroxyl groups is 2. The Morgan fingerprint density at radius 1 is 1.50 bits per heavy atom. The lowest BCUT2D eigenvalue weighted by Crippen LogP contribution is -2.34. The van der Waals surface area contributed by atoms with Crippen LogP contribution in [-0.2, 0) is 0 Å². The van der Waals surface area contributed by atoms with Crippen LogP contribution < -0.4 is 10.1 Å². The molecular formula is C13H17NO4. The lowest BCUT2D eigenvalue weighted by Gasteiger charge is -2.12. The van der Waals surface area contributed by atoms with Crippen LogP contribution in [0.15, 0.2) is 36.9 Å². The minimum atomic E-state index is -0.963. The van der Waals surface area contributed by atoms with E-state index in [1.54, 1.807) is 30.3 Å². The molecule has 0 saturated carbocycles. The molecule has 98 valence electrons. The summed E-state index contributed by atoms with van der Waals surface area (Å²) in [6.45, 7) is 3.44. The molecule has 0 aliphatic rings. The van der Waals surface area contributed by atoms with Crippen molar-refractivity contribution in [3.8, 4) is 5.75 Å². The number of hydrogen-bond donors (Lipinski definition) is 3. The van der Waals surface area contributed by atoms with Crippen LogP contribution in [0.3, 0.4) is 0 Å². The minimum absolute atomic E-state index is 0.00880. The molecule has 18 heavy (non-hydrogen) atoms. The lowest BCUT2D eigenvalue weighted by molar-refractivity contribution is 0.0800. The number of aliphatic hydroxyl groups excluding tert-OH is 2. The fourth-order valence-corrected chi connectivity index (χ4v) is 1.30. The largest absolute Gasteiger partial charge is 0.489 e. The number of carbonyl (C=O) groups is 1. The number of carbonyl (C=O) groups excluding carboxylic acids is 1. The van der Waals surface area contributed by atoms with Crippen LogP contribution in [-0.4, -0.2) is 42.0 Å². The Balaban J connectivity index is 2.69. The molecule has 3 N–H and O–H groups in total. The van der Waals surface area contributed by atoms with E-state index < -0.39 is 12.7 Å². The second-order valence-corrected chi connectivity index (χ2v) is 3.64. The summed E-state index contributed by atoms with van der Waals surface area (Å²) >= 11 is 0. The summed E-state index contributed by atoms with van der Waals surface area (Å²) in [5, 5.41) is 20.3. The standard InChI is InChI=1S/C13H17NO4/c1-2-7-18-12-6-4-3-5-11(12)13(17)14-8-10(16)9-15/h2-6,10,15-16H,1,7-9H2,(H,14,17). The molecule has 0 aromatic heterocycles. The molecule has 1 unspecified atom stereocenters. The minimum Gasteiger partial charge on any atom is -0.489 e. The first kappa shape index (κ1) is 14.2. The van der Waals surface area contributed by atoms with Gasteiger partial charge in [-0.2, -0.15) is 0 Å². The van der Waals surface area contributed by atoms with Gasteiger partial charge in [-0.3, -0.25) is 4.79 Å². The van der Waals surface area contributed by atoms with Gasteiger partial charge in [0.15, 0.2) is 0 Å². The van der Waals surface area contributed by atoms with Crippen LogP contribution in [0.1, 0.15) is 10.4 Å². The highest BCUT2D eigenvalue weighted by molar-refractivity contribution is 5.96. The first-order chi connectivity index (χ1) is 8.69. The third-order valence-electron chi connectivity index (χ3n) is 2.20. The molecule has 0 aliphatic heterocycles. The average molecular weight is 251 g/mol. The third-order valence-corrected chi connectivity index (χ3v) is 2.20. The molecule has 0 radical (unpaired) electrons. The summed E-state index contributed by atoms with van der Waals surface area (Å²) in [6, 6.07) is 6.79. The number of benzene rings is 1. The van der Waals surface area contributed by atoms with E-state index in [0.29, 0.717) is 17.9 Å². The molecule has 1 atom stereocenters. The molecule has 0 bridgehead atoms. The van der Waals surface area contributed by atoms with E-state index in [0.717, 1.165) is 0 Å². The second-order valence-electron chi connectivity index (χ2n) is 3.64. The van der Waals surface area contributed by atoms with Crippen molar-refractivity contribution in [3.63, 3.8) is 0 Å². The molecule has 1 rings (SSSR count). The number of nitrogens with one attached hydrogen (secondary N) is 1. The van der Waals surface area contributed by atoms with Crippen LogP contribution in [0, 0.1) is 0 Å². The van der Waals surface area contributed by atoms with E-state index in [1.807, 2.05) is 0 Å². The number of amides is 1. The zero-order chi connectivity index (χ0) is 13.4. The number of hydrogen-bond acceptors (Lipinski definition) is 4. The molecule has 0 saturated heterocycles. The molecule has 1 amide bonds. The maximum absolute atomic E-state index is 11.8. The van der Waals surface area contributed by atoms with Gasteiger partial charge < -0.3 is 20.3 Å². The Bertz CT molecular complexity index is 406. The molecule has 0 aliphatic carbocycles. The Kier molecular flexibility index (Phi) is 5.90. The normalized spacial score (nSPS) is 11.7. The average Bonchev–Trinajstić information content (AvgIpc) is 2.42. The topological polar surface area (TPSA) is 78.8 Å². The molecule has 1 aromatic carbocycles. The fraction of sp³-hybridized carbons (Fsp3) is 0.308. The molecule has 1 aromatic rings. The van der Waals surface area contributed by atoms with Crippen LogP contribution >= 0.6 is 0 Å². The Labute approximate surface area is 106 Å². The Morgan fingerprint density at radius 3 is 2.89 bits per heavy atom. The maximum atomic E-state index is 11.8. The summed E-state index contributed by atoms with van der Waals surface area (Å²) in [6.07, 6.45) is 0.625. The quantitative estimate of drug-likeness (QED) is 0.610. The zero-order valence-electron chi connectivity index (χ0n) is 10.0. The highest BCUT2D eigenvalue weighted by atomic mass is 16.5. The summed E-state index contributed by atoms with van der Waals surface area (Å²) in [5.74, 6) is 0.0931. The number of rotatable bonds is 7. The third kappa shape index (κ3) is 4.20. The molecule has 5 nitrogen and oxygen atoms in total. The second kappa shape index (κ2) is 7.47. The first-order valence-electron chi connectivity index (χ1n) is 5.59. The van der Waals surface area contributed by atoms with E-state index >= 15 is 0 Å². The molecule has 0 spiro atoms. The van der Waals surface area contributed by atoms with Gasteiger partial charge in [0, 0.05) is 6.54 Å². The predicted molar refractivity (Wildman–Crippen MR) is 67.6 cm³/mol. The smallest absolute Gasteiger partial charge is 0.255 e. The summed E-state index contributed by atoms with van der Waals surface area (Å²) in [5.41, 5.74) is 0.379. The van der Waals surface area contributed by atoms with E-state index in [2.05, 4.69) is 11.9 Å². The fourth-order valence-electron chi connectivity index (χ4n) is 1.30. The van der Waals surface area contributed by atoms with Gasteiger partial charge in [0.2, 0.25) is 0 Å². The number of para-hydroxylation sites is 1. The van der Waals surface area contributed by atoms with Crippen LogP contribution in [0.25, 0.3) is 0 Å². The van der Waals surface area contributed by atoms with Crippen molar-refractivity contribution in [2.45, 2.75) is 6.10 Å². The van der Waals surface area contributed by atoms with Gasteiger partial charge in [-0.15, -0.1) is 0 Å². The van der Waals surface area contributed by atoms with Crippen molar-refractivity contribution in [2.24, 2.45) is 0 Å². The van der Waals surface area contributed by atoms with E-state index in [-0.39, 0.29) is 12.5 Å². The van der Waals surface area contributed by atoms with Gasteiger partial charge in [-0.25, -0.2) is 0 Å². The van der Waals surface area contributed by atoms with Crippen molar-refractivity contribution in [2.75, 3.05) is 19.8 Å². The van der Waals surface area contributed by atoms with Crippen molar-refractivity contribution in [1.82, 2.24) is 5.32 Å². The van der Waals surface area contributed by atoms with Crippen LogP contribution in [0.5, 0.6) is 5.75 Å². The van der Waals surface area contributed by atoms with Gasteiger partial charge in [0.25, 0.3) is 5.91 Å². The molecule has 0 heterocycles. The summed E-state index contributed by atoms with van der Waals surface area (Å²) in [4.78, 5) is 11.8. The van der Waals surface area contributed by atoms with E-state index in [1.165, 1.54) is 0 Å². The van der Waals surface area contributed by atoms with Gasteiger partial charge in [0.05, 0.1) is 18.3 Å². The Hall–Kier alpha value is -1.85. The van der Waals surface area contributed by atoms with Crippen LogP contribution in [0.2, 0.25) is 0 Å². The first-order valence-corrected chi connectivity index (χ1v) is 5.59.